The number of hydrogen-bond donors (Lipinski definition) is 0. The summed E-state index contributed by atoms with van der Waals surface area (Å²) in [5, 5.41) is 0. The molecule has 0 aliphatic heterocycles. The second-order valence-corrected chi connectivity index (χ2v) is 3.27. The van der Waals surface area contributed by atoms with Gasteiger partial charge in [0.05, 0.1) is 13.0 Å². The highest BCUT2D eigenvalue weighted by Crippen LogP contribution is 2.35. The van der Waals surface area contributed by atoms with Crippen LogP contribution >= 0.6 is 0 Å². The second-order valence-electron chi connectivity index (χ2n) is 3.27. The molecule has 0 aromatic heterocycles. The topological polar surface area (TPSA) is 26.3 Å². The van der Waals surface area contributed by atoms with E-state index in [4.69, 9.17) is 0 Å². The normalized spacial score (nSPS) is 30.5. The van der Waals surface area contributed by atoms with E-state index in [-0.39, 0.29) is 11.9 Å². The van der Waals surface area contributed by atoms with Gasteiger partial charge in [-0.15, -0.1) is 0 Å². The van der Waals surface area contributed by atoms with E-state index in [9.17, 15) is 4.79 Å². The van der Waals surface area contributed by atoms with Crippen LogP contribution in [0.5, 0.6) is 0 Å². The monoisotopic (exact) mass is 154 g/mol. The lowest BCUT2D eigenvalue weighted by molar-refractivity contribution is -0.146. The molecular formula is C9H14O2. The van der Waals surface area contributed by atoms with Gasteiger partial charge in [0.25, 0.3) is 0 Å². The predicted molar refractivity (Wildman–Crippen MR) is 43.0 cm³/mol. The summed E-state index contributed by atoms with van der Waals surface area (Å²) < 4.78 is 4.67. The molecule has 62 valence electrons. The molecule has 0 aromatic carbocycles. The Hall–Kier alpha value is -0.790. The molecule has 0 saturated heterocycles. The van der Waals surface area contributed by atoms with Crippen molar-refractivity contribution in [3.05, 3.63) is 12.2 Å². The van der Waals surface area contributed by atoms with Crippen molar-refractivity contribution in [3.8, 4) is 0 Å². The maximum Gasteiger partial charge on any atom is 0.309 e. The van der Waals surface area contributed by atoms with E-state index >= 15 is 0 Å². The van der Waals surface area contributed by atoms with Crippen molar-refractivity contribution >= 4 is 5.97 Å². The molecule has 1 aliphatic carbocycles. The van der Waals surface area contributed by atoms with Crippen molar-refractivity contribution in [2.75, 3.05) is 7.11 Å². The van der Waals surface area contributed by atoms with Crippen LogP contribution in [0, 0.1) is 11.8 Å². The molecule has 0 radical (unpaired) electrons. The second kappa shape index (κ2) is 3.07. The molecule has 0 aromatic rings. The molecule has 0 spiro atoms. The third kappa shape index (κ3) is 1.62. The zero-order chi connectivity index (χ0) is 8.43. The van der Waals surface area contributed by atoms with Gasteiger partial charge < -0.3 is 4.74 Å². The number of allylic oxidation sites excluding steroid dienone is 1. The lowest BCUT2D eigenvalue weighted by atomic mass is 9.99. The van der Waals surface area contributed by atoms with Gasteiger partial charge in [-0.05, 0) is 18.8 Å². The predicted octanol–water partition coefficient (Wildman–Crippen LogP) is 1.76. The molecule has 1 unspecified atom stereocenters. The van der Waals surface area contributed by atoms with E-state index in [0.717, 1.165) is 12.8 Å². The summed E-state index contributed by atoms with van der Waals surface area (Å²) in [5.74, 6) is 0.388. The summed E-state index contributed by atoms with van der Waals surface area (Å²) in [6.45, 7) is 5.93. The number of hydrogen-bond acceptors (Lipinski definition) is 2. The minimum absolute atomic E-state index is 0.0625. The smallest absolute Gasteiger partial charge is 0.309 e. The third-order valence-corrected chi connectivity index (χ3v) is 2.31. The zero-order valence-electron chi connectivity index (χ0n) is 7.09. The molecule has 2 atom stereocenters. The summed E-state index contributed by atoms with van der Waals surface area (Å²) >= 11 is 0. The molecule has 2 heteroatoms. The first kappa shape index (κ1) is 8.31. The molecule has 0 amide bonds. The standard InChI is InChI=1S/C9H14O2/c1-6-4-7(2)8(5-6)9(10)11-3/h7-8H,1,4-5H2,2-3H3/t7?,8-/m1/s1. The van der Waals surface area contributed by atoms with Crippen LogP contribution in [-0.2, 0) is 9.53 Å². The Morgan fingerprint density at radius 3 is 2.64 bits per heavy atom. The molecule has 11 heavy (non-hydrogen) atoms. The molecule has 1 rings (SSSR count). The Labute approximate surface area is 67.2 Å². The van der Waals surface area contributed by atoms with Gasteiger partial charge in [-0.2, -0.15) is 0 Å². The Bertz CT molecular complexity index is 184. The first-order valence-electron chi connectivity index (χ1n) is 3.89. The number of carbonyl (C=O) groups excluding carboxylic acids is 1. The van der Waals surface area contributed by atoms with Crippen LogP contribution in [-0.4, -0.2) is 13.1 Å². The van der Waals surface area contributed by atoms with Gasteiger partial charge in [0.2, 0.25) is 0 Å². The Balaban J connectivity index is 2.59. The highest BCUT2D eigenvalue weighted by Gasteiger charge is 2.32. The van der Waals surface area contributed by atoms with Crippen molar-refractivity contribution < 1.29 is 9.53 Å². The van der Waals surface area contributed by atoms with Crippen LogP contribution in [0.25, 0.3) is 0 Å². The summed E-state index contributed by atoms with van der Waals surface area (Å²) in [6, 6.07) is 0. The third-order valence-electron chi connectivity index (χ3n) is 2.31. The van der Waals surface area contributed by atoms with Crippen molar-refractivity contribution in [1.82, 2.24) is 0 Å². The first-order valence-corrected chi connectivity index (χ1v) is 3.89. The number of esters is 1. The van der Waals surface area contributed by atoms with Gasteiger partial charge in [-0.3, -0.25) is 4.79 Å². The average Bonchev–Trinajstić information content (AvgIpc) is 2.28. The SMILES string of the molecule is C=C1CC(C)[C@H](C(=O)OC)C1. The highest BCUT2D eigenvalue weighted by atomic mass is 16.5. The average molecular weight is 154 g/mol. The lowest BCUT2D eigenvalue weighted by Gasteiger charge is -2.10. The largest absolute Gasteiger partial charge is 0.469 e. The molecule has 2 nitrogen and oxygen atoms in total. The summed E-state index contributed by atoms with van der Waals surface area (Å²) in [7, 11) is 1.44. The molecular weight excluding hydrogens is 140 g/mol. The van der Waals surface area contributed by atoms with E-state index in [1.165, 1.54) is 12.7 Å². The zero-order valence-corrected chi connectivity index (χ0v) is 7.09. The van der Waals surface area contributed by atoms with E-state index in [1.54, 1.807) is 0 Å². The minimum Gasteiger partial charge on any atom is -0.469 e. The van der Waals surface area contributed by atoms with Gasteiger partial charge in [-0.1, -0.05) is 19.1 Å². The fourth-order valence-electron chi connectivity index (χ4n) is 1.66. The van der Waals surface area contributed by atoms with Crippen LogP contribution < -0.4 is 0 Å². The summed E-state index contributed by atoms with van der Waals surface area (Å²) in [5.41, 5.74) is 1.17. The van der Waals surface area contributed by atoms with E-state index in [1.807, 2.05) is 0 Å². The van der Waals surface area contributed by atoms with Gasteiger partial charge in [0.1, 0.15) is 0 Å². The Kier molecular flexibility index (Phi) is 2.32. The lowest BCUT2D eigenvalue weighted by Crippen LogP contribution is -2.17. The fraction of sp³-hybridized carbons (Fsp3) is 0.667. The van der Waals surface area contributed by atoms with Crippen LogP contribution in [0.1, 0.15) is 19.8 Å². The van der Waals surface area contributed by atoms with E-state index < -0.39 is 0 Å². The van der Waals surface area contributed by atoms with Crippen molar-refractivity contribution in [2.45, 2.75) is 19.8 Å². The maximum absolute atomic E-state index is 11.1. The fourth-order valence-corrected chi connectivity index (χ4v) is 1.66. The number of rotatable bonds is 1. The summed E-state index contributed by atoms with van der Waals surface area (Å²) in [6.07, 6.45) is 1.79. The van der Waals surface area contributed by atoms with Crippen molar-refractivity contribution in [2.24, 2.45) is 11.8 Å². The molecule has 0 heterocycles. The molecule has 0 N–H and O–H groups in total. The summed E-state index contributed by atoms with van der Waals surface area (Å²) in [4.78, 5) is 11.1. The van der Waals surface area contributed by atoms with Crippen molar-refractivity contribution in [3.63, 3.8) is 0 Å². The quantitative estimate of drug-likeness (QED) is 0.425. The maximum atomic E-state index is 11.1. The van der Waals surface area contributed by atoms with Crippen LogP contribution in [0.3, 0.4) is 0 Å². The number of carbonyl (C=O) groups is 1. The molecule has 0 bridgehead atoms. The minimum atomic E-state index is -0.0869. The molecule has 1 saturated carbocycles. The van der Waals surface area contributed by atoms with Crippen LogP contribution in [0.4, 0.5) is 0 Å². The number of methoxy groups -OCH3 is 1. The number of ether oxygens (including phenoxy) is 1. The Morgan fingerprint density at radius 2 is 2.27 bits per heavy atom. The van der Waals surface area contributed by atoms with Crippen LogP contribution in [0.15, 0.2) is 12.2 Å². The van der Waals surface area contributed by atoms with Gasteiger partial charge in [-0.25, -0.2) is 0 Å². The van der Waals surface area contributed by atoms with Gasteiger partial charge in [0, 0.05) is 0 Å². The van der Waals surface area contributed by atoms with Crippen LogP contribution in [0.2, 0.25) is 0 Å². The first-order chi connectivity index (χ1) is 5.15. The molecule has 1 fully saturated rings. The van der Waals surface area contributed by atoms with Crippen molar-refractivity contribution in [1.29, 1.82) is 0 Å². The van der Waals surface area contributed by atoms with Gasteiger partial charge in [0.15, 0.2) is 0 Å². The van der Waals surface area contributed by atoms with E-state index in [0.29, 0.717) is 5.92 Å². The van der Waals surface area contributed by atoms with Gasteiger partial charge >= 0.3 is 5.97 Å². The van der Waals surface area contributed by atoms with E-state index in [2.05, 4.69) is 18.2 Å². The Morgan fingerprint density at radius 1 is 1.64 bits per heavy atom. The highest BCUT2D eigenvalue weighted by molar-refractivity contribution is 5.73. The molecule has 1 aliphatic rings.